The molecule has 1 atom stereocenters. The number of benzene rings is 1. The van der Waals surface area contributed by atoms with E-state index < -0.39 is 6.04 Å². The lowest BCUT2D eigenvalue weighted by atomic mass is 10.1. The molecule has 0 aromatic heterocycles. The Balaban J connectivity index is 2.16. The van der Waals surface area contributed by atoms with Crippen LogP contribution in [-0.4, -0.2) is 18.5 Å². The number of nitrogens with two attached hydrogens (primary N) is 1. The van der Waals surface area contributed by atoms with Crippen LogP contribution in [-0.2, 0) is 11.2 Å². The predicted molar refractivity (Wildman–Crippen MR) is 75.2 cm³/mol. The van der Waals surface area contributed by atoms with Crippen molar-refractivity contribution in [1.82, 2.24) is 5.32 Å². The molecule has 1 aromatic carbocycles. The lowest BCUT2D eigenvalue weighted by Gasteiger charge is -2.12. The van der Waals surface area contributed by atoms with Gasteiger partial charge in [0.25, 0.3) is 0 Å². The SMILES string of the molecule is N#CCCCCNC(=O)C(N)CCc1ccccc1. The molecule has 0 saturated carbocycles. The second-order valence-electron chi connectivity index (χ2n) is 4.54. The van der Waals surface area contributed by atoms with E-state index in [1.807, 2.05) is 30.3 Å². The van der Waals surface area contributed by atoms with Crippen molar-refractivity contribution in [1.29, 1.82) is 5.26 Å². The smallest absolute Gasteiger partial charge is 0.236 e. The first-order valence-corrected chi connectivity index (χ1v) is 6.68. The van der Waals surface area contributed by atoms with Gasteiger partial charge in [-0.15, -0.1) is 0 Å². The zero-order chi connectivity index (χ0) is 13.9. The molecule has 3 N–H and O–H groups in total. The number of hydrogen-bond acceptors (Lipinski definition) is 3. The van der Waals surface area contributed by atoms with Crippen LogP contribution in [0.1, 0.15) is 31.2 Å². The summed E-state index contributed by atoms with van der Waals surface area (Å²) >= 11 is 0. The molecular formula is C15H21N3O. The van der Waals surface area contributed by atoms with Gasteiger partial charge in [0.2, 0.25) is 5.91 Å². The summed E-state index contributed by atoms with van der Waals surface area (Å²) in [5.41, 5.74) is 7.04. The minimum Gasteiger partial charge on any atom is -0.355 e. The molecule has 1 amide bonds. The van der Waals surface area contributed by atoms with Gasteiger partial charge in [-0.2, -0.15) is 5.26 Å². The standard InChI is InChI=1S/C15H21N3O/c16-11-5-2-6-12-18-15(19)14(17)10-9-13-7-3-1-4-8-13/h1,3-4,7-8,14H,2,5-6,9-10,12,17H2,(H,18,19). The van der Waals surface area contributed by atoms with E-state index >= 15 is 0 Å². The fourth-order valence-corrected chi connectivity index (χ4v) is 1.77. The third-order valence-electron chi connectivity index (χ3n) is 2.94. The largest absolute Gasteiger partial charge is 0.355 e. The fourth-order valence-electron chi connectivity index (χ4n) is 1.77. The number of carbonyl (C=O) groups excluding carboxylic acids is 1. The molecule has 0 fully saturated rings. The summed E-state index contributed by atoms with van der Waals surface area (Å²) in [6, 6.07) is 11.6. The molecular weight excluding hydrogens is 238 g/mol. The molecule has 0 aliphatic rings. The lowest BCUT2D eigenvalue weighted by molar-refractivity contribution is -0.122. The summed E-state index contributed by atoms with van der Waals surface area (Å²) in [6.45, 7) is 0.597. The summed E-state index contributed by atoms with van der Waals surface area (Å²) in [7, 11) is 0. The number of hydrogen-bond donors (Lipinski definition) is 2. The maximum absolute atomic E-state index is 11.7. The minimum absolute atomic E-state index is 0.104. The number of unbranched alkanes of at least 4 members (excludes halogenated alkanes) is 2. The van der Waals surface area contributed by atoms with E-state index in [-0.39, 0.29) is 5.91 Å². The fraction of sp³-hybridized carbons (Fsp3) is 0.467. The Labute approximate surface area is 114 Å². The van der Waals surface area contributed by atoms with Crippen molar-refractivity contribution in [3.05, 3.63) is 35.9 Å². The van der Waals surface area contributed by atoms with Crippen LogP contribution in [0.15, 0.2) is 30.3 Å². The lowest BCUT2D eigenvalue weighted by Crippen LogP contribution is -2.41. The van der Waals surface area contributed by atoms with Crippen molar-refractivity contribution < 1.29 is 4.79 Å². The van der Waals surface area contributed by atoms with Gasteiger partial charge in [-0.25, -0.2) is 0 Å². The first-order valence-electron chi connectivity index (χ1n) is 6.68. The Kier molecular flexibility index (Phi) is 7.30. The van der Waals surface area contributed by atoms with E-state index in [2.05, 4.69) is 11.4 Å². The first kappa shape index (κ1) is 15.2. The molecule has 1 unspecified atom stereocenters. The Morgan fingerprint density at radius 1 is 1.32 bits per heavy atom. The van der Waals surface area contributed by atoms with Gasteiger partial charge < -0.3 is 11.1 Å². The molecule has 102 valence electrons. The topological polar surface area (TPSA) is 78.9 Å². The minimum atomic E-state index is -0.462. The molecule has 4 nitrogen and oxygen atoms in total. The molecule has 0 aliphatic carbocycles. The Hall–Kier alpha value is -1.86. The van der Waals surface area contributed by atoms with Crippen molar-refractivity contribution in [3.8, 4) is 6.07 Å². The highest BCUT2D eigenvalue weighted by atomic mass is 16.2. The van der Waals surface area contributed by atoms with Gasteiger partial charge >= 0.3 is 0 Å². The Morgan fingerprint density at radius 3 is 2.74 bits per heavy atom. The second-order valence-corrected chi connectivity index (χ2v) is 4.54. The third-order valence-corrected chi connectivity index (χ3v) is 2.94. The summed E-state index contributed by atoms with van der Waals surface area (Å²) in [5.74, 6) is -0.104. The molecule has 0 heterocycles. The highest BCUT2D eigenvalue weighted by molar-refractivity contribution is 5.81. The second kappa shape index (κ2) is 9.12. The molecule has 4 heteroatoms. The first-order chi connectivity index (χ1) is 9.24. The van der Waals surface area contributed by atoms with Crippen LogP contribution in [0.4, 0.5) is 0 Å². The van der Waals surface area contributed by atoms with E-state index in [4.69, 9.17) is 11.0 Å². The van der Waals surface area contributed by atoms with Gasteiger partial charge in [0, 0.05) is 13.0 Å². The van der Waals surface area contributed by atoms with Crippen LogP contribution >= 0.6 is 0 Å². The van der Waals surface area contributed by atoms with Crippen LogP contribution in [0.25, 0.3) is 0 Å². The molecule has 19 heavy (non-hydrogen) atoms. The highest BCUT2D eigenvalue weighted by Gasteiger charge is 2.12. The Bertz CT molecular complexity index is 411. The van der Waals surface area contributed by atoms with E-state index in [1.54, 1.807) is 0 Å². The summed E-state index contributed by atoms with van der Waals surface area (Å²) in [4.78, 5) is 11.7. The predicted octanol–water partition coefficient (Wildman–Crippen LogP) is 1.76. The molecule has 0 radical (unpaired) electrons. The van der Waals surface area contributed by atoms with E-state index in [1.165, 1.54) is 5.56 Å². The normalized spacial score (nSPS) is 11.6. The van der Waals surface area contributed by atoms with E-state index in [9.17, 15) is 4.79 Å². The number of amides is 1. The van der Waals surface area contributed by atoms with Gasteiger partial charge in [0.05, 0.1) is 12.1 Å². The van der Waals surface area contributed by atoms with Crippen molar-refractivity contribution in [2.45, 2.75) is 38.1 Å². The van der Waals surface area contributed by atoms with Gasteiger partial charge in [0.1, 0.15) is 0 Å². The molecule has 0 saturated heterocycles. The quantitative estimate of drug-likeness (QED) is 0.698. The molecule has 0 bridgehead atoms. The van der Waals surface area contributed by atoms with Crippen molar-refractivity contribution in [2.24, 2.45) is 5.73 Å². The Morgan fingerprint density at radius 2 is 2.05 bits per heavy atom. The number of rotatable bonds is 8. The number of aryl methyl sites for hydroxylation is 1. The van der Waals surface area contributed by atoms with E-state index in [0.29, 0.717) is 19.4 Å². The molecule has 1 rings (SSSR count). The summed E-state index contributed by atoms with van der Waals surface area (Å²) in [5, 5.41) is 11.2. The van der Waals surface area contributed by atoms with Gasteiger partial charge in [0.15, 0.2) is 0 Å². The van der Waals surface area contributed by atoms with Crippen molar-refractivity contribution >= 4 is 5.91 Å². The van der Waals surface area contributed by atoms with Gasteiger partial charge in [-0.3, -0.25) is 4.79 Å². The number of nitrogens with zero attached hydrogens (tertiary/aromatic N) is 1. The van der Waals surface area contributed by atoms with Crippen molar-refractivity contribution in [2.75, 3.05) is 6.54 Å². The summed E-state index contributed by atoms with van der Waals surface area (Å²) in [6.07, 6.45) is 3.63. The maximum Gasteiger partial charge on any atom is 0.236 e. The van der Waals surface area contributed by atoms with Crippen LogP contribution in [0, 0.1) is 11.3 Å². The van der Waals surface area contributed by atoms with Gasteiger partial charge in [-0.05, 0) is 31.2 Å². The molecule has 0 aliphatic heterocycles. The maximum atomic E-state index is 11.7. The van der Waals surface area contributed by atoms with Gasteiger partial charge in [-0.1, -0.05) is 30.3 Å². The number of carbonyl (C=O) groups is 1. The van der Waals surface area contributed by atoms with Crippen LogP contribution in [0.3, 0.4) is 0 Å². The average Bonchev–Trinajstić information content (AvgIpc) is 2.45. The number of nitrogens with one attached hydrogen (secondary N) is 1. The average molecular weight is 259 g/mol. The third kappa shape index (κ3) is 6.58. The molecule has 1 aromatic rings. The zero-order valence-electron chi connectivity index (χ0n) is 11.1. The highest BCUT2D eigenvalue weighted by Crippen LogP contribution is 2.04. The molecule has 0 spiro atoms. The monoisotopic (exact) mass is 259 g/mol. The van der Waals surface area contributed by atoms with Crippen LogP contribution in [0.2, 0.25) is 0 Å². The number of nitriles is 1. The van der Waals surface area contributed by atoms with Crippen molar-refractivity contribution in [3.63, 3.8) is 0 Å². The summed E-state index contributed by atoms with van der Waals surface area (Å²) < 4.78 is 0. The van der Waals surface area contributed by atoms with Crippen LogP contribution < -0.4 is 11.1 Å². The zero-order valence-corrected chi connectivity index (χ0v) is 11.1. The van der Waals surface area contributed by atoms with Crippen LogP contribution in [0.5, 0.6) is 0 Å². The van der Waals surface area contributed by atoms with E-state index in [0.717, 1.165) is 19.3 Å².